The van der Waals surface area contributed by atoms with Gasteiger partial charge in [-0.2, -0.15) is 0 Å². The van der Waals surface area contributed by atoms with E-state index in [0.717, 1.165) is 23.2 Å². The van der Waals surface area contributed by atoms with Gasteiger partial charge in [-0.25, -0.2) is 0 Å². The van der Waals surface area contributed by atoms with Crippen molar-refractivity contribution in [1.29, 1.82) is 0 Å². The van der Waals surface area contributed by atoms with Crippen LogP contribution in [0.15, 0.2) is 24.3 Å². The monoisotopic (exact) mass is 340 g/mol. The van der Waals surface area contributed by atoms with E-state index in [1.165, 1.54) is 32.1 Å². The molecule has 134 valence electrons. The Kier molecular flexibility index (Phi) is 4.30. The van der Waals surface area contributed by atoms with Crippen LogP contribution in [0.1, 0.15) is 46.0 Å². The molecule has 25 heavy (non-hydrogen) atoms. The van der Waals surface area contributed by atoms with Crippen LogP contribution in [0.2, 0.25) is 0 Å². The maximum atomic E-state index is 12.9. The molecule has 0 heterocycles. The zero-order valence-electron chi connectivity index (χ0n) is 15.1. The summed E-state index contributed by atoms with van der Waals surface area (Å²) in [4.78, 5) is 24.6. The van der Waals surface area contributed by atoms with Gasteiger partial charge in [-0.15, -0.1) is 0 Å². The molecule has 0 spiro atoms. The average molecular weight is 340 g/mol. The third-order valence-corrected chi connectivity index (χ3v) is 6.47. The number of hydrogen-bond acceptors (Lipinski definition) is 2. The van der Waals surface area contributed by atoms with Gasteiger partial charge in [-0.05, 0) is 80.0 Å². The van der Waals surface area contributed by atoms with Crippen molar-refractivity contribution in [2.45, 2.75) is 46.0 Å². The Morgan fingerprint density at radius 1 is 0.840 bits per heavy atom. The highest BCUT2D eigenvalue weighted by Gasteiger charge is 2.50. The smallest absolute Gasteiger partial charge is 0.228 e. The third-order valence-electron chi connectivity index (χ3n) is 6.47. The summed E-state index contributed by atoms with van der Waals surface area (Å²) in [6.07, 6.45) is 6.43. The lowest BCUT2D eigenvalue weighted by Gasteiger charge is -2.53. The molecule has 2 N–H and O–H groups in total. The predicted molar refractivity (Wildman–Crippen MR) is 99.1 cm³/mol. The van der Waals surface area contributed by atoms with Gasteiger partial charge in [0.15, 0.2) is 0 Å². The lowest BCUT2D eigenvalue weighted by Crippen LogP contribution is -2.49. The first-order valence-electron chi connectivity index (χ1n) is 9.71. The van der Waals surface area contributed by atoms with Crippen molar-refractivity contribution >= 4 is 23.2 Å². The molecule has 2 amide bonds. The van der Waals surface area contributed by atoms with Gasteiger partial charge in [-0.3, -0.25) is 9.59 Å². The van der Waals surface area contributed by atoms with Crippen molar-refractivity contribution in [3.05, 3.63) is 24.3 Å². The Hall–Kier alpha value is -1.84. The van der Waals surface area contributed by atoms with Gasteiger partial charge in [-0.1, -0.05) is 13.8 Å². The van der Waals surface area contributed by atoms with Gasteiger partial charge in [0.05, 0.1) is 0 Å². The highest BCUT2D eigenvalue weighted by Crippen LogP contribution is 2.56. The van der Waals surface area contributed by atoms with E-state index < -0.39 is 0 Å². The fraction of sp³-hybridized carbons (Fsp3) is 0.619. The van der Waals surface area contributed by atoms with Crippen molar-refractivity contribution in [2.24, 2.45) is 35.5 Å². The normalized spacial score (nSPS) is 32.7. The van der Waals surface area contributed by atoms with Crippen molar-refractivity contribution in [3.63, 3.8) is 0 Å². The van der Waals surface area contributed by atoms with E-state index in [1.807, 2.05) is 38.1 Å². The summed E-state index contributed by atoms with van der Waals surface area (Å²) in [6, 6.07) is 7.47. The SMILES string of the molecule is CC(C)C(=O)Nc1ccc(NC(=O)C2C3CC4CC(C3)CC2C4)cc1. The van der Waals surface area contributed by atoms with Gasteiger partial charge in [0.2, 0.25) is 11.8 Å². The first-order chi connectivity index (χ1) is 12.0. The van der Waals surface area contributed by atoms with Crippen LogP contribution in [0.25, 0.3) is 0 Å². The van der Waals surface area contributed by atoms with Gasteiger partial charge in [0, 0.05) is 23.2 Å². The first kappa shape index (κ1) is 16.6. The molecule has 4 nitrogen and oxygen atoms in total. The summed E-state index contributed by atoms with van der Waals surface area (Å²) in [5.41, 5.74) is 1.59. The molecule has 4 saturated carbocycles. The fourth-order valence-corrected chi connectivity index (χ4v) is 5.50. The van der Waals surface area contributed by atoms with Crippen LogP contribution in [0.5, 0.6) is 0 Å². The van der Waals surface area contributed by atoms with Crippen LogP contribution < -0.4 is 10.6 Å². The Balaban J connectivity index is 1.39. The standard InChI is InChI=1S/C21H28N2O2/c1-12(2)20(24)22-17-3-5-18(6-4-17)23-21(25)19-15-8-13-7-14(10-15)11-16(19)9-13/h3-6,12-16,19H,7-11H2,1-2H3,(H,22,24)(H,23,25). The van der Waals surface area contributed by atoms with E-state index in [1.54, 1.807) is 0 Å². The molecule has 0 saturated heterocycles. The van der Waals surface area contributed by atoms with Crippen molar-refractivity contribution in [2.75, 3.05) is 10.6 Å². The molecule has 1 aromatic carbocycles. The number of nitrogens with one attached hydrogen (secondary N) is 2. The maximum Gasteiger partial charge on any atom is 0.228 e. The van der Waals surface area contributed by atoms with Crippen LogP contribution in [-0.2, 0) is 9.59 Å². The highest BCUT2D eigenvalue weighted by molar-refractivity contribution is 5.94. The molecule has 4 aliphatic carbocycles. The summed E-state index contributed by atoms with van der Waals surface area (Å²) in [6.45, 7) is 3.74. The zero-order valence-corrected chi connectivity index (χ0v) is 15.1. The number of anilines is 2. The van der Waals surface area contributed by atoms with Gasteiger partial charge in [0.25, 0.3) is 0 Å². The molecular formula is C21H28N2O2. The van der Waals surface area contributed by atoms with E-state index in [9.17, 15) is 9.59 Å². The van der Waals surface area contributed by atoms with E-state index in [4.69, 9.17) is 0 Å². The molecule has 4 heteroatoms. The molecule has 4 fully saturated rings. The molecule has 0 unspecified atom stereocenters. The van der Waals surface area contributed by atoms with Gasteiger partial charge >= 0.3 is 0 Å². The molecule has 0 atom stereocenters. The van der Waals surface area contributed by atoms with Gasteiger partial charge in [0.1, 0.15) is 0 Å². The topological polar surface area (TPSA) is 58.2 Å². The lowest BCUT2D eigenvalue weighted by atomic mass is 9.51. The number of hydrogen-bond donors (Lipinski definition) is 2. The fourth-order valence-electron chi connectivity index (χ4n) is 5.50. The zero-order chi connectivity index (χ0) is 17.6. The van der Waals surface area contributed by atoms with Gasteiger partial charge < -0.3 is 10.6 Å². The Bertz CT molecular complexity index is 637. The molecule has 1 aromatic rings. The van der Waals surface area contributed by atoms with Crippen molar-refractivity contribution in [3.8, 4) is 0 Å². The molecule has 5 rings (SSSR count). The van der Waals surface area contributed by atoms with Crippen LogP contribution in [0, 0.1) is 35.5 Å². The van der Waals surface area contributed by atoms with E-state index in [-0.39, 0.29) is 23.7 Å². The number of benzene rings is 1. The Morgan fingerprint density at radius 2 is 1.32 bits per heavy atom. The summed E-state index contributed by atoms with van der Waals surface area (Å²) >= 11 is 0. The second kappa shape index (κ2) is 6.47. The second-order valence-corrected chi connectivity index (χ2v) is 8.67. The number of carbonyl (C=O) groups is 2. The first-order valence-corrected chi connectivity index (χ1v) is 9.71. The van der Waals surface area contributed by atoms with E-state index >= 15 is 0 Å². The quantitative estimate of drug-likeness (QED) is 0.859. The average Bonchev–Trinajstić information content (AvgIpc) is 2.55. The van der Waals surface area contributed by atoms with Crippen LogP contribution in [0.4, 0.5) is 11.4 Å². The molecular weight excluding hydrogens is 312 g/mol. The molecule has 0 aromatic heterocycles. The highest BCUT2D eigenvalue weighted by atomic mass is 16.2. The summed E-state index contributed by atoms with van der Waals surface area (Å²) in [5, 5.41) is 6.00. The molecule has 0 radical (unpaired) electrons. The Morgan fingerprint density at radius 3 is 1.80 bits per heavy atom. The molecule has 0 aliphatic heterocycles. The van der Waals surface area contributed by atoms with E-state index in [2.05, 4.69) is 10.6 Å². The minimum absolute atomic E-state index is 0.00498. The van der Waals surface area contributed by atoms with Crippen molar-refractivity contribution < 1.29 is 9.59 Å². The van der Waals surface area contributed by atoms with Crippen molar-refractivity contribution in [1.82, 2.24) is 0 Å². The molecule has 4 bridgehead atoms. The number of amides is 2. The van der Waals surface area contributed by atoms with Crippen LogP contribution >= 0.6 is 0 Å². The summed E-state index contributed by atoms with van der Waals surface area (Å²) in [5.74, 6) is 3.33. The molecule has 4 aliphatic rings. The lowest BCUT2D eigenvalue weighted by molar-refractivity contribution is -0.132. The summed E-state index contributed by atoms with van der Waals surface area (Å²) in [7, 11) is 0. The van der Waals surface area contributed by atoms with Crippen LogP contribution in [0.3, 0.4) is 0 Å². The summed E-state index contributed by atoms with van der Waals surface area (Å²) < 4.78 is 0. The minimum atomic E-state index is -0.0451. The minimum Gasteiger partial charge on any atom is -0.326 e. The number of carbonyl (C=O) groups excluding carboxylic acids is 2. The van der Waals surface area contributed by atoms with E-state index in [0.29, 0.717) is 11.8 Å². The maximum absolute atomic E-state index is 12.9. The third kappa shape index (κ3) is 3.31. The number of rotatable bonds is 4. The second-order valence-electron chi connectivity index (χ2n) is 8.67. The van der Waals surface area contributed by atoms with Crippen LogP contribution in [-0.4, -0.2) is 11.8 Å². The Labute approximate surface area is 149 Å². The largest absolute Gasteiger partial charge is 0.326 e. The predicted octanol–water partition coefficient (Wildman–Crippen LogP) is 4.29.